The van der Waals surface area contributed by atoms with Crippen molar-refractivity contribution in [3.8, 4) is 5.75 Å². The van der Waals surface area contributed by atoms with E-state index >= 15 is 0 Å². The normalized spacial score (nSPS) is 10.7. The number of aromatic nitrogens is 1. The van der Waals surface area contributed by atoms with Crippen molar-refractivity contribution < 1.29 is 14.3 Å². The second-order valence-corrected chi connectivity index (χ2v) is 5.30. The summed E-state index contributed by atoms with van der Waals surface area (Å²) in [5, 5.41) is 1.42. The molecule has 118 valence electrons. The standard InChI is InChI=1S/C16H19ClN2O3/c1-19(9-4-10-21-2)15(20)11-22-14-7-6-13(17)12-5-3-8-18-16(12)14/h3,5-8H,4,9-11H2,1-2H3. The minimum Gasteiger partial charge on any atom is -0.481 e. The van der Waals surface area contributed by atoms with E-state index in [2.05, 4.69) is 4.98 Å². The highest BCUT2D eigenvalue weighted by Gasteiger charge is 2.12. The van der Waals surface area contributed by atoms with E-state index in [1.54, 1.807) is 37.4 Å². The first-order valence-electron chi connectivity index (χ1n) is 7.02. The van der Waals surface area contributed by atoms with E-state index in [0.29, 0.717) is 29.4 Å². The number of ether oxygens (including phenoxy) is 2. The van der Waals surface area contributed by atoms with Crippen molar-refractivity contribution in [1.29, 1.82) is 0 Å². The quantitative estimate of drug-likeness (QED) is 0.736. The lowest BCUT2D eigenvalue weighted by Gasteiger charge is -2.17. The molecule has 0 fully saturated rings. The monoisotopic (exact) mass is 322 g/mol. The molecule has 22 heavy (non-hydrogen) atoms. The SMILES string of the molecule is COCCCN(C)C(=O)COc1ccc(Cl)c2cccnc12. The molecule has 0 aliphatic carbocycles. The molecule has 0 bridgehead atoms. The maximum atomic E-state index is 12.0. The highest BCUT2D eigenvalue weighted by atomic mass is 35.5. The first kappa shape index (κ1) is 16.5. The van der Waals surface area contributed by atoms with Gasteiger partial charge in [-0.1, -0.05) is 11.6 Å². The molecule has 0 saturated carbocycles. The number of halogens is 1. The number of carbonyl (C=O) groups is 1. The minimum absolute atomic E-state index is 0.0310. The fourth-order valence-corrected chi connectivity index (χ4v) is 2.26. The maximum Gasteiger partial charge on any atom is 0.260 e. The van der Waals surface area contributed by atoms with Gasteiger partial charge in [0.1, 0.15) is 11.3 Å². The van der Waals surface area contributed by atoms with Crippen LogP contribution >= 0.6 is 11.6 Å². The van der Waals surface area contributed by atoms with Gasteiger partial charge in [0.05, 0.1) is 5.02 Å². The van der Waals surface area contributed by atoms with E-state index in [1.165, 1.54) is 0 Å². The number of nitrogens with zero attached hydrogens (tertiary/aromatic N) is 2. The lowest BCUT2D eigenvalue weighted by molar-refractivity contribution is -0.132. The molecule has 5 nitrogen and oxygen atoms in total. The van der Waals surface area contributed by atoms with E-state index < -0.39 is 0 Å². The minimum atomic E-state index is -0.0878. The van der Waals surface area contributed by atoms with Crippen LogP contribution in [0.2, 0.25) is 5.02 Å². The second kappa shape index (κ2) is 7.96. The molecule has 1 amide bonds. The average molecular weight is 323 g/mol. The molecule has 6 heteroatoms. The molecular formula is C16H19ClN2O3. The Morgan fingerprint density at radius 3 is 2.95 bits per heavy atom. The molecule has 1 heterocycles. The van der Waals surface area contributed by atoms with Crippen LogP contribution in [0.1, 0.15) is 6.42 Å². The summed E-state index contributed by atoms with van der Waals surface area (Å²) in [6.07, 6.45) is 2.47. The van der Waals surface area contributed by atoms with E-state index in [4.69, 9.17) is 21.1 Å². The third kappa shape index (κ3) is 4.08. The summed E-state index contributed by atoms with van der Waals surface area (Å²) in [5.41, 5.74) is 0.657. The zero-order valence-electron chi connectivity index (χ0n) is 12.7. The summed E-state index contributed by atoms with van der Waals surface area (Å²) in [7, 11) is 3.39. The van der Waals surface area contributed by atoms with Gasteiger partial charge in [-0.25, -0.2) is 0 Å². The Labute approximate surface area is 134 Å². The predicted molar refractivity (Wildman–Crippen MR) is 86.4 cm³/mol. The molecule has 0 radical (unpaired) electrons. The fourth-order valence-electron chi connectivity index (χ4n) is 2.05. The van der Waals surface area contributed by atoms with E-state index in [9.17, 15) is 4.79 Å². The van der Waals surface area contributed by atoms with Crippen molar-refractivity contribution >= 4 is 28.4 Å². The fraction of sp³-hybridized carbons (Fsp3) is 0.375. The summed E-state index contributed by atoms with van der Waals surface area (Å²) in [6, 6.07) is 7.16. The van der Waals surface area contributed by atoms with Gasteiger partial charge in [0.25, 0.3) is 5.91 Å². The number of hydrogen-bond donors (Lipinski definition) is 0. The largest absolute Gasteiger partial charge is 0.481 e. The number of benzene rings is 1. The number of amides is 1. The molecule has 0 saturated heterocycles. The van der Waals surface area contributed by atoms with Crippen LogP contribution in [0.15, 0.2) is 30.5 Å². The lowest BCUT2D eigenvalue weighted by atomic mass is 10.2. The van der Waals surface area contributed by atoms with Crippen LogP contribution in [0.3, 0.4) is 0 Å². The summed E-state index contributed by atoms with van der Waals surface area (Å²) in [5.74, 6) is 0.466. The number of pyridine rings is 1. The Morgan fingerprint density at radius 2 is 2.18 bits per heavy atom. The van der Waals surface area contributed by atoms with Crippen LogP contribution < -0.4 is 4.74 Å². The van der Waals surface area contributed by atoms with E-state index in [-0.39, 0.29) is 12.5 Å². The predicted octanol–water partition coefficient (Wildman–Crippen LogP) is 2.76. The Balaban J connectivity index is 2.00. The van der Waals surface area contributed by atoms with Crippen LogP contribution in [0, 0.1) is 0 Å². The molecule has 0 aliphatic rings. The Hall–Kier alpha value is -1.85. The van der Waals surface area contributed by atoms with Gasteiger partial charge in [-0.2, -0.15) is 0 Å². The zero-order chi connectivity index (χ0) is 15.9. The van der Waals surface area contributed by atoms with E-state index in [0.717, 1.165) is 11.8 Å². The van der Waals surface area contributed by atoms with Gasteiger partial charge in [0.15, 0.2) is 6.61 Å². The van der Waals surface area contributed by atoms with Crippen molar-refractivity contribution in [1.82, 2.24) is 9.88 Å². The van der Waals surface area contributed by atoms with Crippen LogP contribution in [-0.2, 0) is 9.53 Å². The molecule has 0 aliphatic heterocycles. The summed E-state index contributed by atoms with van der Waals surface area (Å²) in [6.45, 7) is 1.23. The highest BCUT2D eigenvalue weighted by Crippen LogP contribution is 2.29. The first-order valence-corrected chi connectivity index (χ1v) is 7.40. The number of likely N-dealkylation sites (N-methyl/N-ethyl adjacent to an activating group) is 1. The van der Waals surface area contributed by atoms with Gasteiger partial charge in [0.2, 0.25) is 0 Å². The third-order valence-corrected chi connectivity index (χ3v) is 3.63. The smallest absolute Gasteiger partial charge is 0.260 e. The number of fused-ring (bicyclic) bond motifs is 1. The molecule has 1 aromatic carbocycles. The number of hydrogen-bond acceptors (Lipinski definition) is 4. The van der Waals surface area contributed by atoms with Crippen LogP contribution in [-0.4, -0.2) is 49.7 Å². The van der Waals surface area contributed by atoms with Gasteiger partial charge >= 0.3 is 0 Å². The molecule has 0 N–H and O–H groups in total. The van der Waals surface area contributed by atoms with Gasteiger partial charge in [-0.05, 0) is 30.7 Å². The Bertz CT molecular complexity index is 648. The van der Waals surface area contributed by atoms with Crippen LogP contribution in [0.5, 0.6) is 5.75 Å². The van der Waals surface area contributed by atoms with E-state index in [1.807, 2.05) is 12.1 Å². The van der Waals surface area contributed by atoms with Gasteiger partial charge in [-0.3, -0.25) is 9.78 Å². The summed E-state index contributed by atoms with van der Waals surface area (Å²) < 4.78 is 10.6. The molecular weight excluding hydrogens is 304 g/mol. The van der Waals surface area contributed by atoms with Gasteiger partial charge in [0, 0.05) is 38.9 Å². The maximum absolute atomic E-state index is 12.0. The van der Waals surface area contributed by atoms with Crippen molar-refractivity contribution in [3.63, 3.8) is 0 Å². The van der Waals surface area contributed by atoms with Crippen LogP contribution in [0.4, 0.5) is 0 Å². The first-order chi connectivity index (χ1) is 10.6. The second-order valence-electron chi connectivity index (χ2n) is 4.90. The number of rotatable bonds is 7. The lowest BCUT2D eigenvalue weighted by Crippen LogP contribution is -2.32. The Morgan fingerprint density at radius 1 is 1.36 bits per heavy atom. The number of methoxy groups -OCH3 is 1. The highest BCUT2D eigenvalue weighted by molar-refractivity contribution is 6.35. The third-order valence-electron chi connectivity index (χ3n) is 3.30. The topological polar surface area (TPSA) is 51.7 Å². The van der Waals surface area contributed by atoms with Crippen molar-refractivity contribution in [2.75, 3.05) is 33.9 Å². The van der Waals surface area contributed by atoms with Crippen molar-refractivity contribution in [3.05, 3.63) is 35.5 Å². The molecule has 2 aromatic rings. The van der Waals surface area contributed by atoms with Gasteiger partial charge < -0.3 is 14.4 Å². The van der Waals surface area contributed by atoms with Crippen LogP contribution in [0.25, 0.3) is 10.9 Å². The average Bonchev–Trinajstić information content (AvgIpc) is 2.54. The Kier molecular flexibility index (Phi) is 5.98. The molecule has 0 unspecified atom stereocenters. The van der Waals surface area contributed by atoms with Gasteiger partial charge in [-0.15, -0.1) is 0 Å². The summed E-state index contributed by atoms with van der Waals surface area (Å²) in [4.78, 5) is 17.9. The molecule has 2 rings (SSSR count). The summed E-state index contributed by atoms with van der Waals surface area (Å²) >= 11 is 6.13. The molecule has 1 aromatic heterocycles. The zero-order valence-corrected chi connectivity index (χ0v) is 13.5. The molecule has 0 atom stereocenters. The van der Waals surface area contributed by atoms with Crippen molar-refractivity contribution in [2.45, 2.75) is 6.42 Å². The molecule has 0 spiro atoms. The van der Waals surface area contributed by atoms with Crippen molar-refractivity contribution in [2.24, 2.45) is 0 Å². The number of carbonyl (C=O) groups excluding carboxylic acids is 1.